The average molecular weight is 422 g/mol. The van der Waals surface area contributed by atoms with E-state index in [2.05, 4.69) is 32.4 Å². The Bertz CT molecular complexity index is 856. The Morgan fingerprint density at radius 1 is 1.36 bits per heavy atom. The summed E-state index contributed by atoms with van der Waals surface area (Å²) in [5, 5.41) is 10.2. The maximum Gasteiger partial charge on any atom is 0.277 e. The average Bonchev–Trinajstić information content (AvgIpc) is 3.02. The Hall–Kier alpha value is -1.30. The van der Waals surface area contributed by atoms with E-state index in [9.17, 15) is 13.2 Å². The fraction of sp³-hybridized carbons (Fsp3) is 0.462. The first-order valence-corrected chi connectivity index (χ1v) is 11.2. The van der Waals surface area contributed by atoms with Gasteiger partial charge in [-0.1, -0.05) is 55.0 Å². The van der Waals surface area contributed by atoms with Crippen LogP contribution in [0, 0.1) is 0 Å². The number of nitrogens with zero attached hydrogens (tertiary/aromatic N) is 4. The molecule has 1 amide bonds. The van der Waals surface area contributed by atoms with Crippen molar-refractivity contribution in [3.8, 4) is 0 Å². The summed E-state index contributed by atoms with van der Waals surface area (Å²) >= 11 is 8.72. The summed E-state index contributed by atoms with van der Waals surface area (Å²) in [7, 11) is -3.64. The third-order valence-electron chi connectivity index (χ3n) is 2.95. The molecular formula is C13H16ClN5O3S3. The van der Waals surface area contributed by atoms with E-state index in [1.165, 1.54) is 18.3 Å². The number of amides is 1. The van der Waals surface area contributed by atoms with Crippen molar-refractivity contribution in [2.45, 2.75) is 36.2 Å². The summed E-state index contributed by atoms with van der Waals surface area (Å²) in [6, 6.07) is 0. The van der Waals surface area contributed by atoms with Gasteiger partial charge in [0.15, 0.2) is 10.0 Å². The first-order valence-electron chi connectivity index (χ1n) is 7.40. The van der Waals surface area contributed by atoms with Crippen LogP contribution in [-0.4, -0.2) is 46.0 Å². The summed E-state index contributed by atoms with van der Waals surface area (Å²) in [4.78, 5) is 19.8. The molecule has 2 aromatic rings. The molecule has 0 unspecified atom stereocenters. The number of carbonyl (C=O) groups is 1. The normalized spacial score (nSPS) is 11.5. The Morgan fingerprint density at radius 2 is 2.12 bits per heavy atom. The number of rotatable bonds is 8. The van der Waals surface area contributed by atoms with Crippen LogP contribution in [0.4, 0.5) is 5.13 Å². The summed E-state index contributed by atoms with van der Waals surface area (Å²) in [6.07, 6.45) is 3.25. The van der Waals surface area contributed by atoms with Crippen molar-refractivity contribution in [1.29, 1.82) is 0 Å². The van der Waals surface area contributed by atoms with Gasteiger partial charge in [-0.15, -0.1) is 10.2 Å². The standard InChI is InChI=1S/C13H16ClN5O3S3/c1-3-5-6-23-13-19-18-11(24-13)17-10(20)9-8(14)7-15-12(16-9)25(21,22)4-2/h7H,3-6H2,1-2H3,(H,17,18,20). The zero-order valence-corrected chi connectivity index (χ0v) is 16.7. The molecule has 0 radical (unpaired) electrons. The molecule has 8 nitrogen and oxygen atoms in total. The maximum absolute atomic E-state index is 12.3. The highest BCUT2D eigenvalue weighted by Crippen LogP contribution is 2.27. The molecule has 1 N–H and O–H groups in total. The first-order chi connectivity index (χ1) is 11.9. The number of hydrogen-bond acceptors (Lipinski definition) is 9. The minimum Gasteiger partial charge on any atom is -0.295 e. The van der Waals surface area contributed by atoms with Gasteiger partial charge in [0.2, 0.25) is 20.1 Å². The van der Waals surface area contributed by atoms with Crippen molar-refractivity contribution in [1.82, 2.24) is 20.2 Å². The van der Waals surface area contributed by atoms with Crippen molar-refractivity contribution >= 4 is 55.6 Å². The monoisotopic (exact) mass is 421 g/mol. The molecule has 0 spiro atoms. The molecule has 0 aliphatic heterocycles. The summed E-state index contributed by atoms with van der Waals surface area (Å²) in [6.45, 7) is 3.57. The second-order valence-corrected chi connectivity index (χ2v) is 9.68. The second kappa shape index (κ2) is 8.88. The second-order valence-electron chi connectivity index (χ2n) is 4.78. The number of halogens is 1. The van der Waals surface area contributed by atoms with E-state index in [4.69, 9.17) is 11.6 Å². The fourth-order valence-corrected chi connectivity index (χ4v) is 4.35. The van der Waals surface area contributed by atoms with Crippen molar-refractivity contribution in [2.24, 2.45) is 0 Å². The SMILES string of the molecule is CCCCSc1nnc(NC(=O)c2nc(S(=O)(=O)CC)ncc2Cl)s1. The molecule has 0 aliphatic rings. The van der Waals surface area contributed by atoms with E-state index in [0.29, 0.717) is 5.13 Å². The molecule has 2 rings (SSSR count). The lowest BCUT2D eigenvalue weighted by Gasteiger charge is -2.05. The van der Waals surface area contributed by atoms with Crippen LogP contribution in [-0.2, 0) is 9.84 Å². The molecule has 25 heavy (non-hydrogen) atoms. The molecule has 0 bridgehead atoms. The van der Waals surface area contributed by atoms with Crippen LogP contribution in [0.5, 0.6) is 0 Å². The minimum absolute atomic E-state index is 0.0467. The van der Waals surface area contributed by atoms with E-state index in [1.54, 1.807) is 11.8 Å². The summed E-state index contributed by atoms with van der Waals surface area (Å²) in [5.41, 5.74) is -0.223. The number of nitrogens with one attached hydrogen (secondary N) is 1. The predicted molar refractivity (Wildman–Crippen MR) is 98.3 cm³/mol. The van der Waals surface area contributed by atoms with Gasteiger partial charge in [-0.2, -0.15) is 0 Å². The Labute approximate surface area is 158 Å². The van der Waals surface area contributed by atoms with E-state index >= 15 is 0 Å². The van der Waals surface area contributed by atoms with E-state index in [-0.39, 0.29) is 16.5 Å². The van der Waals surface area contributed by atoms with Crippen LogP contribution in [0.1, 0.15) is 37.2 Å². The van der Waals surface area contributed by atoms with Crippen LogP contribution >= 0.6 is 34.7 Å². The first kappa shape index (κ1) is 20.0. The van der Waals surface area contributed by atoms with Crippen LogP contribution in [0.2, 0.25) is 5.02 Å². The molecule has 2 aromatic heterocycles. The van der Waals surface area contributed by atoms with Gasteiger partial charge in [0, 0.05) is 5.75 Å². The molecule has 0 fully saturated rings. The van der Waals surface area contributed by atoms with Crippen LogP contribution in [0.3, 0.4) is 0 Å². The topological polar surface area (TPSA) is 115 Å². The largest absolute Gasteiger partial charge is 0.295 e. The number of hydrogen-bond donors (Lipinski definition) is 1. The molecule has 12 heteroatoms. The number of anilines is 1. The third kappa shape index (κ3) is 5.33. The van der Waals surface area contributed by atoms with Crippen LogP contribution < -0.4 is 5.32 Å². The number of unbranched alkanes of at least 4 members (excludes halogenated alkanes) is 1. The third-order valence-corrected chi connectivity index (χ3v) is 6.79. The van der Waals surface area contributed by atoms with Crippen molar-refractivity contribution in [3.05, 3.63) is 16.9 Å². The van der Waals surface area contributed by atoms with Gasteiger partial charge < -0.3 is 0 Å². The van der Waals surface area contributed by atoms with Gasteiger partial charge >= 0.3 is 0 Å². The molecule has 0 atom stereocenters. The van der Waals surface area contributed by atoms with Crippen LogP contribution in [0.25, 0.3) is 0 Å². The van der Waals surface area contributed by atoms with Crippen molar-refractivity contribution in [3.63, 3.8) is 0 Å². The Balaban J connectivity index is 2.14. The quantitative estimate of drug-likeness (QED) is 0.299. The van der Waals surface area contributed by atoms with Gasteiger partial charge in [-0.3, -0.25) is 10.1 Å². The lowest BCUT2D eigenvalue weighted by molar-refractivity contribution is 0.102. The molecule has 0 aromatic carbocycles. The summed E-state index contributed by atoms with van der Waals surface area (Å²) in [5.74, 6) is 0.0839. The van der Waals surface area contributed by atoms with Gasteiger partial charge in [0.05, 0.1) is 17.0 Å². The Morgan fingerprint density at radius 3 is 2.80 bits per heavy atom. The number of aromatic nitrogens is 4. The fourth-order valence-electron chi connectivity index (χ4n) is 1.57. The van der Waals surface area contributed by atoms with E-state index < -0.39 is 20.9 Å². The van der Waals surface area contributed by atoms with Gasteiger partial charge in [0.25, 0.3) is 5.91 Å². The molecule has 0 saturated heterocycles. The molecule has 136 valence electrons. The highest BCUT2D eigenvalue weighted by atomic mass is 35.5. The number of carbonyl (C=O) groups excluding carboxylic acids is 1. The van der Waals surface area contributed by atoms with Crippen molar-refractivity contribution < 1.29 is 13.2 Å². The zero-order chi connectivity index (χ0) is 18.4. The molecule has 0 aliphatic carbocycles. The number of sulfone groups is 1. The maximum atomic E-state index is 12.3. The van der Waals surface area contributed by atoms with Gasteiger partial charge in [-0.25, -0.2) is 18.4 Å². The molecule has 2 heterocycles. The van der Waals surface area contributed by atoms with E-state index in [1.807, 2.05) is 0 Å². The molecule has 0 saturated carbocycles. The highest BCUT2D eigenvalue weighted by molar-refractivity contribution is 8.01. The molecular weight excluding hydrogens is 406 g/mol. The number of thioether (sulfide) groups is 1. The highest BCUT2D eigenvalue weighted by Gasteiger charge is 2.21. The van der Waals surface area contributed by atoms with Crippen molar-refractivity contribution in [2.75, 3.05) is 16.8 Å². The Kier molecular flexibility index (Phi) is 7.11. The predicted octanol–water partition coefficient (Wildman–Crippen LogP) is 2.92. The zero-order valence-electron chi connectivity index (χ0n) is 13.5. The van der Waals surface area contributed by atoms with Gasteiger partial charge in [0.1, 0.15) is 0 Å². The summed E-state index contributed by atoms with van der Waals surface area (Å²) < 4.78 is 24.4. The lowest BCUT2D eigenvalue weighted by Crippen LogP contribution is -2.18. The minimum atomic E-state index is -3.64. The smallest absolute Gasteiger partial charge is 0.277 e. The lowest BCUT2D eigenvalue weighted by atomic mass is 10.4. The van der Waals surface area contributed by atoms with Gasteiger partial charge in [-0.05, 0) is 6.42 Å². The van der Waals surface area contributed by atoms with E-state index in [0.717, 1.165) is 29.1 Å². The van der Waals surface area contributed by atoms with Crippen LogP contribution in [0.15, 0.2) is 15.7 Å².